The van der Waals surface area contributed by atoms with Gasteiger partial charge in [0.15, 0.2) is 11.5 Å². The molecule has 0 aliphatic carbocycles. The number of carbonyl (C=O) groups is 1. The molecule has 8 heteroatoms. The maximum absolute atomic E-state index is 11.7. The first-order valence-electron chi connectivity index (χ1n) is 5.14. The summed E-state index contributed by atoms with van der Waals surface area (Å²) in [6, 6.07) is 5.16. The molecular formula is C10H8N6O2. The lowest BCUT2D eigenvalue weighted by Gasteiger charge is -2.00. The quantitative estimate of drug-likeness (QED) is 0.693. The number of amides is 1. The Morgan fingerprint density at radius 1 is 1.44 bits per heavy atom. The highest BCUT2D eigenvalue weighted by molar-refractivity contribution is 6.02. The van der Waals surface area contributed by atoms with Crippen LogP contribution in [0.5, 0.6) is 0 Å². The van der Waals surface area contributed by atoms with Gasteiger partial charge in [0.1, 0.15) is 5.52 Å². The van der Waals surface area contributed by atoms with Crippen molar-refractivity contribution in [2.75, 3.05) is 5.32 Å². The van der Waals surface area contributed by atoms with E-state index in [2.05, 4.69) is 30.9 Å². The van der Waals surface area contributed by atoms with Gasteiger partial charge in [-0.1, -0.05) is 0 Å². The molecule has 0 spiro atoms. The number of tetrazole rings is 1. The third kappa shape index (κ3) is 1.79. The van der Waals surface area contributed by atoms with Crippen LogP contribution in [-0.4, -0.2) is 31.5 Å². The first kappa shape index (κ1) is 10.4. The van der Waals surface area contributed by atoms with Crippen LogP contribution in [-0.2, 0) is 0 Å². The molecule has 0 bridgehead atoms. The molecule has 18 heavy (non-hydrogen) atoms. The van der Waals surface area contributed by atoms with E-state index in [1.165, 1.54) is 0 Å². The van der Waals surface area contributed by atoms with Crippen LogP contribution in [0, 0.1) is 6.92 Å². The third-order valence-corrected chi connectivity index (χ3v) is 2.30. The molecule has 3 rings (SSSR count). The zero-order valence-corrected chi connectivity index (χ0v) is 9.34. The Balaban J connectivity index is 1.88. The molecule has 90 valence electrons. The molecule has 2 N–H and O–H groups in total. The molecule has 8 nitrogen and oxygen atoms in total. The Kier molecular flexibility index (Phi) is 2.26. The summed E-state index contributed by atoms with van der Waals surface area (Å²) in [5.41, 5.74) is 1.94. The fourth-order valence-corrected chi connectivity index (χ4v) is 1.57. The number of hydrogen-bond donors (Lipinski definition) is 2. The molecule has 0 saturated heterocycles. The van der Waals surface area contributed by atoms with Gasteiger partial charge >= 0.3 is 0 Å². The number of nitrogens with zero attached hydrogens (tertiary/aromatic N) is 4. The van der Waals surface area contributed by atoms with Crippen molar-refractivity contribution in [3.05, 3.63) is 29.9 Å². The standard InChI is InChI=1S/C10H8N6O2/c1-5-11-7-4-6(2-3-8(7)18-5)12-10(17)9-13-15-16-14-9/h2-4H,1H3,(H,12,17)(H,13,14,15,16). The predicted octanol–water partition coefficient (Wildman–Crippen LogP) is 0.902. The Labute approximate surface area is 100 Å². The van der Waals surface area contributed by atoms with Crippen molar-refractivity contribution < 1.29 is 9.21 Å². The molecule has 0 aliphatic rings. The summed E-state index contributed by atoms with van der Waals surface area (Å²) >= 11 is 0. The highest BCUT2D eigenvalue weighted by atomic mass is 16.3. The molecule has 3 aromatic rings. The SMILES string of the molecule is Cc1nc2cc(NC(=O)c3nn[nH]n3)ccc2o1. The van der Waals surface area contributed by atoms with Gasteiger partial charge in [-0.3, -0.25) is 4.79 Å². The summed E-state index contributed by atoms with van der Waals surface area (Å²) in [6.07, 6.45) is 0. The van der Waals surface area contributed by atoms with Crippen molar-refractivity contribution in [2.45, 2.75) is 6.92 Å². The fourth-order valence-electron chi connectivity index (χ4n) is 1.57. The van der Waals surface area contributed by atoms with Gasteiger partial charge in [-0.25, -0.2) is 4.98 Å². The number of carbonyl (C=O) groups excluding carboxylic acids is 1. The van der Waals surface area contributed by atoms with Crippen molar-refractivity contribution >= 4 is 22.7 Å². The summed E-state index contributed by atoms with van der Waals surface area (Å²) in [7, 11) is 0. The number of rotatable bonds is 2. The number of aromatic amines is 1. The number of hydrogen-bond acceptors (Lipinski definition) is 6. The highest BCUT2D eigenvalue weighted by Crippen LogP contribution is 2.19. The van der Waals surface area contributed by atoms with Gasteiger partial charge in [0.05, 0.1) is 0 Å². The van der Waals surface area contributed by atoms with E-state index in [1.54, 1.807) is 25.1 Å². The van der Waals surface area contributed by atoms with Gasteiger partial charge in [0.2, 0.25) is 0 Å². The van der Waals surface area contributed by atoms with Crippen molar-refractivity contribution in [1.82, 2.24) is 25.6 Å². The number of nitrogens with one attached hydrogen (secondary N) is 2. The second-order valence-corrected chi connectivity index (χ2v) is 3.60. The summed E-state index contributed by atoms with van der Waals surface area (Å²) in [4.78, 5) is 15.9. The number of benzene rings is 1. The first-order valence-corrected chi connectivity index (χ1v) is 5.14. The van der Waals surface area contributed by atoms with Crippen LogP contribution < -0.4 is 5.32 Å². The van der Waals surface area contributed by atoms with Gasteiger partial charge in [-0.2, -0.15) is 5.21 Å². The fraction of sp³-hybridized carbons (Fsp3) is 0.100. The summed E-state index contributed by atoms with van der Waals surface area (Å²) in [6.45, 7) is 1.76. The van der Waals surface area contributed by atoms with Crippen molar-refractivity contribution in [3.63, 3.8) is 0 Å². The van der Waals surface area contributed by atoms with Gasteiger partial charge in [0, 0.05) is 12.6 Å². The van der Waals surface area contributed by atoms with Gasteiger partial charge in [-0.05, 0) is 23.4 Å². The second-order valence-electron chi connectivity index (χ2n) is 3.60. The zero-order chi connectivity index (χ0) is 12.5. The Hall–Kier alpha value is -2.77. The molecule has 1 aromatic carbocycles. The molecule has 2 heterocycles. The van der Waals surface area contributed by atoms with Gasteiger partial charge in [0.25, 0.3) is 11.7 Å². The van der Waals surface area contributed by atoms with Crippen LogP contribution in [0.2, 0.25) is 0 Å². The van der Waals surface area contributed by atoms with E-state index in [9.17, 15) is 4.79 Å². The highest BCUT2D eigenvalue weighted by Gasteiger charge is 2.11. The number of aryl methyl sites for hydroxylation is 1. The van der Waals surface area contributed by atoms with Crippen LogP contribution in [0.25, 0.3) is 11.1 Å². The Morgan fingerprint density at radius 3 is 3.11 bits per heavy atom. The molecular weight excluding hydrogens is 236 g/mol. The monoisotopic (exact) mass is 244 g/mol. The first-order chi connectivity index (χ1) is 8.72. The third-order valence-electron chi connectivity index (χ3n) is 2.30. The van der Waals surface area contributed by atoms with E-state index in [0.717, 1.165) is 0 Å². The molecule has 0 radical (unpaired) electrons. The molecule has 0 unspecified atom stereocenters. The molecule has 0 atom stereocenters. The van der Waals surface area contributed by atoms with E-state index >= 15 is 0 Å². The second kappa shape index (κ2) is 3.91. The predicted molar refractivity (Wildman–Crippen MR) is 60.9 cm³/mol. The van der Waals surface area contributed by atoms with Gasteiger partial charge < -0.3 is 9.73 Å². The molecule has 1 amide bonds. The summed E-state index contributed by atoms with van der Waals surface area (Å²) < 4.78 is 5.34. The van der Waals surface area contributed by atoms with Crippen molar-refractivity contribution in [1.29, 1.82) is 0 Å². The van der Waals surface area contributed by atoms with E-state index < -0.39 is 5.91 Å². The maximum Gasteiger partial charge on any atom is 0.297 e. The number of anilines is 1. The van der Waals surface area contributed by atoms with Crippen LogP contribution in [0.15, 0.2) is 22.6 Å². The Bertz CT molecular complexity index is 702. The number of aromatic nitrogens is 5. The normalized spacial score (nSPS) is 10.7. The lowest BCUT2D eigenvalue weighted by atomic mass is 10.3. The van der Waals surface area contributed by atoms with Crippen molar-refractivity contribution in [2.24, 2.45) is 0 Å². The lowest BCUT2D eigenvalue weighted by molar-refractivity contribution is 0.101. The minimum Gasteiger partial charge on any atom is -0.441 e. The summed E-state index contributed by atoms with van der Waals surface area (Å²) in [5.74, 6) is 0.112. The lowest BCUT2D eigenvalue weighted by Crippen LogP contribution is -2.13. The van der Waals surface area contributed by atoms with E-state index in [1.807, 2.05) is 0 Å². The molecule has 0 aliphatic heterocycles. The number of fused-ring (bicyclic) bond motifs is 1. The topological polar surface area (TPSA) is 110 Å². The average Bonchev–Trinajstić information content (AvgIpc) is 2.95. The molecule has 0 fully saturated rings. The van der Waals surface area contributed by atoms with E-state index in [-0.39, 0.29) is 5.82 Å². The van der Waals surface area contributed by atoms with Crippen molar-refractivity contribution in [3.8, 4) is 0 Å². The van der Waals surface area contributed by atoms with Crippen LogP contribution >= 0.6 is 0 Å². The van der Waals surface area contributed by atoms with Crippen LogP contribution in [0.3, 0.4) is 0 Å². The van der Waals surface area contributed by atoms with Crippen LogP contribution in [0.4, 0.5) is 5.69 Å². The van der Waals surface area contributed by atoms with E-state index in [4.69, 9.17) is 4.42 Å². The molecule has 2 aromatic heterocycles. The maximum atomic E-state index is 11.7. The number of oxazole rings is 1. The average molecular weight is 244 g/mol. The van der Waals surface area contributed by atoms with Crippen LogP contribution in [0.1, 0.15) is 16.5 Å². The summed E-state index contributed by atoms with van der Waals surface area (Å²) in [5, 5.41) is 15.3. The minimum absolute atomic E-state index is 0.0218. The minimum atomic E-state index is -0.441. The Morgan fingerprint density at radius 2 is 2.33 bits per heavy atom. The molecule has 0 saturated carbocycles. The van der Waals surface area contributed by atoms with Gasteiger partial charge in [-0.15, -0.1) is 10.2 Å². The smallest absolute Gasteiger partial charge is 0.297 e. The van der Waals surface area contributed by atoms with E-state index in [0.29, 0.717) is 22.7 Å². The largest absolute Gasteiger partial charge is 0.441 e. The zero-order valence-electron chi connectivity index (χ0n) is 9.34. The number of H-pyrrole nitrogens is 1.